The lowest BCUT2D eigenvalue weighted by molar-refractivity contribution is 0.0693. The van der Waals surface area contributed by atoms with Gasteiger partial charge in [-0.3, -0.25) is 0 Å². The maximum atomic E-state index is 11.1. The minimum atomic E-state index is -1.06. The van der Waals surface area contributed by atoms with Crippen molar-refractivity contribution >= 4 is 5.97 Å². The van der Waals surface area contributed by atoms with Gasteiger partial charge in [-0.25, -0.2) is 9.78 Å². The van der Waals surface area contributed by atoms with E-state index in [0.717, 1.165) is 0 Å². The molecule has 1 N–H and O–H groups in total. The van der Waals surface area contributed by atoms with E-state index < -0.39 is 5.97 Å². The monoisotopic (exact) mass is 271 g/mol. The summed E-state index contributed by atoms with van der Waals surface area (Å²) in [5.41, 5.74) is 1.30. The van der Waals surface area contributed by atoms with Crippen LogP contribution in [0.3, 0.4) is 0 Å². The summed E-state index contributed by atoms with van der Waals surface area (Å²) in [6.45, 7) is 6.39. The van der Waals surface area contributed by atoms with Gasteiger partial charge in [-0.05, 0) is 35.2 Å². The van der Waals surface area contributed by atoms with Crippen molar-refractivity contribution in [2.24, 2.45) is 0 Å². The van der Waals surface area contributed by atoms with Gasteiger partial charge in [0.15, 0.2) is 0 Å². The van der Waals surface area contributed by atoms with Gasteiger partial charge in [0.05, 0.1) is 0 Å². The van der Waals surface area contributed by atoms with E-state index in [0.29, 0.717) is 5.75 Å². The van der Waals surface area contributed by atoms with Crippen molar-refractivity contribution < 1.29 is 14.6 Å². The number of carboxylic acids is 1. The number of aromatic carboxylic acids is 1. The first kappa shape index (κ1) is 14.1. The molecule has 0 amide bonds. The zero-order chi connectivity index (χ0) is 14.8. The van der Waals surface area contributed by atoms with E-state index in [-0.39, 0.29) is 16.9 Å². The molecule has 1 aromatic carbocycles. The molecule has 0 radical (unpaired) electrons. The number of ether oxygens (including phenoxy) is 1. The fourth-order valence-electron chi connectivity index (χ4n) is 1.77. The molecule has 2 rings (SSSR count). The SMILES string of the molecule is CC(C)(C)c1ccc(Oc2ncccc2C(=O)O)cc1. The second-order valence-electron chi connectivity index (χ2n) is 5.54. The lowest BCUT2D eigenvalue weighted by Gasteiger charge is -2.19. The summed E-state index contributed by atoms with van der Waals surface area (Å²) in [5.74, 6) is -0.387. The van der Waals surface area contributed by atoms with E-state index in [2.05, 4.69) is 25.8 Å². The van der Waals surface area contributed by atoms with E-state index >= 15 is 0 Å². The largest absolute Gasteiger partial charge is 0.477 e. The van der Waals surface area contributed by atoms with Crippen LogP contribution in [0, 0.1) is 0 Å². The number of rotatable bonds is 3. The molecular weight excluding hydrogens is 254 g/mol. The van der Waals surface area contributed by atoms with Crippen molar-refractivity contribution in [3.63, 3.8) is 0 Å². The molecule has 0 atom stereocenters. The molecule has 0 saturated carbocycles. The van der Waals surface area contributed by atoms with Crippen LogP contribution in [0.4, 0.5) is 0 Å². The van der Waals surface area contributed by atoms with Gasteiger partial charge in [0.2, 0.25) is 5.88 Å². The fourth-order valence-corrected chi connectivity index (χ4v) is 1.77. The molecule has 0 aliphatic heterocycles. The van der Waals surface area contributed by atoms with Gasteiger partial charge < -0.3 is 9.84 Å². The van der Waals surface area contributed by atoms with Crippen molar-refractivity contribution in [3.05, 3.63) is 53.7 Å². The minimum Gasteiger partial charge on any atom is -0.477 e. The molecule has 0 spiro atoms. The molecule has 1 heterocycles. The molecule has 20 heavy (non-hydrogen) atoms. The van der Waals surface area contributed by atoms with Crippen molar-refractivity contribution in [3.8, 4) is 11.6 Å². The highest BCUT2D eigenvalue weighted by atomic mass is 16.5. The lowest BCUT2D eigenvalue weighted by Crippen LogP contribution is -2.10. The Morgan fingerprint density at radius 1 is 1.15 bits per heavy atom. The van der Waals surface area contributed by atoms with Crippen LogP contribution in [0.25, 0.3) is 0 Å². The van der Waals surface area contributed by atoms with Crippen molar-refractivity contribution in [2.75, 3.05) is 0 Å². The summed E-state index contributed by atoms with van der Waals surface area (Å²) in [5, 5.41) is 9.07. The Labute approximate surface area is 118 Å². The van der Waals surface area contributed by atoms with Crippen molar-refractivity contribution in [1.29, 1.82) is 0 Å². The van der Waals surface area contributed by atoms with Crippen LogP contribution in [-0.2, 0) is 5.41 Å². The molecule has 0 aliphatic rings. The van der Waals surface area contributed by atoms with E-state index in [4.69, 9.17) is 9.84 Å². The molecular formula is C16H17NO3. The third-order valence-electron chi connectivity index (χ3n) is 2.94. The van der Waals surface area contributed by atoms with Crippen molar-refractivity contribution in [2.45, 2.75) is 26.2 Å². The number of carboxylic acid groups (broad SMARTS) is 1. The zero-order valence-corrected chi connectivity index (χ0v) is 11.8. The molecule has 4 nitrogen and oxygen atoms in total. The van der Waals surface area contributed by atoms with E-state index in [1.807, 2.05) is 24.3 Å². The van der Waals surface area contributed by atoms with Gasteiger partial charge in [-0.2, -0.15) is 0 Å². The van der Waals surface area contributed by atoms with Gasteiger partial charge in [0.1, 0.15) is 11.3 Å². The third kappa shape index (κ3) is 3.15. The number of benzene rings is 1. The maximum absolute atomic E-state index is 11.1. The number of nitrogens with zero attached hydrogens (tertiary/aromatic N) is 1. The van der Waals surface area contributed by atoms with E-state index in [1.54, 1.807) is 6.07 Å². The summed E-state index contributed by atoms with van der Waals surface area (Å²) < 4.78 is 5.55. The highest BCUT2D eigenvalue weighted by Gasteiger charge is 2.15. The van der Waals surface area contributed by atoms with E-state index in [1.165, 1.54) is 17.8 Å². The normalized spacial score (nSPS) is 11.2. The van der Waals surface area contributed by atoms with Gasteiger partial charge >= 0.3 is 5.97 Å². The topological polar surface area (TPSA) is 59.4 Å². The van der Waals surface area contributed by atoms with Gasteiger partial charge in [-0.15, -0.1) is 0 Å². The van der Waals surface area contributed by atoms with Crippen LogP contribution >= 0.6 is 0 Å². The first-order valence-corrected chi connectivity index (χ1v) is 6.34. The lowest BCUT2D eigenvalue weighted by atomic mass is 9.87. The van der Waals surface area contributed by atoms with Gasteiger partial charge in [-0.1, -0.05) is 32.9 Å². The van der Waals surface area contributed by atoms with E-state index in [9.17, 15) is 4.79 Å². The standard InChI is InChI=1S/C16H17NO3/c1-16(2,3)11-6-8-12(9-7-11)20-14-13(15(18)19)5-4-10-17-14/h4-10H,1-3H3,(H,18,19). The average molecular weight is 271 g/mol. The first-order valence-electron chi connectivity index (χ1n) is 6.34. The Hall–Kier alpha value is -2.36. The Balaban J connectivity index is 2.25. The van der Waals surface area contributed by atoms with Crippen LogP contribution in [0.15, 0.2) is 42.6 Å². The number of pyridine rings is 1. The third-order valence-corrected chi connectivity index (χ3v) is 2.94. The fraction of sp³-hybridized carbons (Fsp3) is 0.250. The van der Waals surface area contributed by atoms with Crippen LogP contribution in [0.1, 0.15) is 36.7 Å². The molecule has 4 heteroatoms. The molecule has 0 unspecified atom stereocenters. The van der Waals surface area contributed by atoms with Gasteiger partial charge in [0.25, 0.3) is 0 Å². The Morgan fingerprint density at radius 3 is 2.35 bits per heavy atom. The van der Waals surface area contributed by atoms with Crippen LogP contribution in [0.5, 0.6) is 11.6 Å². The minimum absolute atomic E-state index is 0.0485. The smallest absolute Gasteiger partial charge is 0.341 e. The molecule has 0 fully saturated rings. The number of carbonyl (C=O) groups is 1. The van der Waals surface area contributed by atoms with Crippen LogP contribution in [0.2, 0.25) is 0 Å². The Bertz CT molecular complexity index is 612. The van der Waals surface area contributed by atoms with Crippen LogP contribution < -0.4 is 4.74 Å². The summed E-state index contributed by atoms with van der Waals surface area (Å²) in [4.78, 5) is 15.0. The summed E-state index contributed by atoms with van der Waals surface area (Å²) in [7, 11) is 0. The van der Waals surface area contributed by atoms with Gasteiger partial charge in [0, 0.05) is 6.20 Å². The number of hydrogen-bond acceptors (Lipinski definition) is 3. The first-order chi connectivity index (χ1) is 9.38. The molecule has 1 aromatic heterocycles. The molecule has 0 saturated heterocycles. The summed E-state index contributed by atoms with van der Waals surface area (Å²) in [6.07, 6.45) is 1.51. The molecule has 2 aromatic rings. The quantitative estimate of drug-likeness (QED) is 0.920. The predicted octanol–water partition coefficient (Wildman–Crippen LogP) is 3.87. The van der Waals surface area contributed by atoms with Crippen LogP contribution in [-0.4, -0.2) is 16.1 Å². The molecule has 0 aliphatic carbocycles. The molecule has 0 bridgehead atoms. The zero-order valence-electron chi connectivity index (χ0n) is 11.8. The summed E-state index contributed by atoms with van der Waals surface area (Å²) in [6, 6.07) is 10.6. The number of aromatic nitrogens is 1. The molecule has 104 valence electrons. The average Bonchev–Trinajstić information content (AvgIpc) is 2.38. The summed E-state index contributed by atoms with van der Waals surface area (Å²) >= 11 is 0. The highest BCUT2D eigenvalue weighted by molar-refractivity contribution is 5.90. The predicted molar refractivity (Wildman–Crippen MR) is 76.4 cm³/mol. The Kier molecular flexibility index (Phi) is 3.74. The maximum Gasteiger partial charge on any atom is 0.341 e. The highest BCUT2D eigenvalue weighted by Crippen LogP contribution is 2.27. The second kappa shape index (κ2) is 5.33. The number of hydrogen-bond donors (Lipinski definition) is 1. The van der Waals surface area contributed by atoms with Crippen molar-refractivity contribution in [1.82, 2.24) is 4.98 Å². The second-order valence-corrected chi connectivity index (χ2v) is 5.54. The Morgan fingerprint density at radius 2 is 1.80 bits per heavy atom.